The number of hydrogen-bond donors (Lipinski definition) is 0. The summed E-state index contributed by atoms with van der Waals surface area (Å²) in [6.45, 7) is 2.56. The first-order valence-corrected chi connectivity index (χ1v) is 8.92. The Hall–Kier alpha value is -3.22. The lowest BCUT2D eigenvalue weighted by Crippen LogP contribution is -2.30. The van der Waals surface area contributed by atoms with Gasteiger partial charge in [0.05, 0.1) is 11.7 Å². The lowest BCUT2D eigenvalue weighted by Gasteiger charge is -2.23. The van der Waals surface area contributed by atoms with Crippen molar-refractivity contribution in [2.45, 2.75) is 25.8 Å². The van der Waals surface area contributed by atoms with Crippen LogP contribution >= 0.6 is 0 Å². The Balaban J connectivity index is 1.57. The molecular weight excluding hydrogens is 344 g/mol. The van der Waals surface area contributed by atoms with Crippen molar-refractivity contribution in [1.82, 2.24) is 19.8 Å². The van der Waals surface area contributed by atoms with Gasteiger partial charge in [-0.15, -0.1) is 0 Å². The number of hydrogen-bond acceptors (Lipinski definition) is 5. The number of aromatic nitrogens is 3. The van der Waals surface area contributed by atoms with Crippen LogP contribution in [0, 0.1) is 6.92 Å². The Morgan fingerprint density at radius 2 is 1.96 bits per heavy atom. The fourth-order valence-corrected chi connectivity index (χ4v) is 3.47. The van der Waals surface area contributed by atoms with Crippen LogP contribution in [0.5, 0.6) is 0 Å². The van der Waals surface area contributed by atoms with Crippen LogP contribution in [0.4, 0.5) is 0 Å². The second-order valence-electron chi connectivity index (χ2n) is 6.78. The van der Waals surface area contributed by atoms with E-state index >= 15 is 0 Å². The lowest BCUT2D eigenvalue weighted by molar-refractivity contribution is 0.0731. The fraction of sp³-hybridized carbons (Fsp3) is 0.300. The first-order valence-electron chi connectivity index (χ1n) is 8.92. The third-order valence-electron chi connectivity index (χ3n) is 4.89. The van der Waals surface area contributed by atoms with Crippen LogP contribution in [0.3, 0.4) is 0 Å². The molecule has 27 heavy (non-hydrogen) atoms. The van der Waals surface area contributed by atoms with Gasteiger partial charge >= 0.3 is 0 Å². The zero-order chi connectivity index (χ0) is 19.0. The summed E-state index contributed by atoms with van der Waals surface area (Å²) in [5.41, 5.74) is 2.81. The number of aryl methyl sites for hydroxylation is 2. The Morgan fingerprint density at radius 1 is 1.19 bits per heavy atom. The standard InChI is InChI=1S/C20H20N4O3/c1-13-12-17(22-27-13)18-4-3-11-24(18)20(26)15-7-5-14(6-8-15)16-9-10-19(25)23(2)21-16/h5-10,12,18H,3-4,11H2,1-2H3/t18-/m0/s1. The average Bonchev–Trinajstić information content (AvgIpc) is 3.32. The van der Waals surface area contributed by atoms with Crippen LogP contribution in [0.15, 0.2) is 51.8 Å². The molecule has 7 nitrogen and oxygen atoms in total. The molecule has 1 amide bonds. The van der Waals surface area contributed by atoms with E-state index in [1.807, 2.05) is 30.0 Å². The number of benzene rings is 1. The van der Waals surface area contributed by atoms with Crippen LogP contribution < -0.4 is 5.56 Å². The van der Waals surface area contributed by atoms with Gasteiger partial charge in [0.15, 0.2) is 0 Å². The molecule has 7 heteroatoms. The number of likely N-dealkylation sites (tertiary alicyclic amines) is 1. The second kappa shape index (κ2) is 6.83. The van der Waals surface area contributed by atoms with Crippen molar-refractivity contribution in [3.63, 3.8) is 0 Å². The predicted molar refractivity (Wildman–Crippen MR) is 99.2 cm³/mol. The summed E-state index contributed by atoms with van der Waals surface area (Å²) in [7, 11) is 1.61. The SMILES string of the molecule is Cc1cc([C@@H]2CCCN2C(=O)c2ccc(-c3ccc(=O)n(C)n3)cc2)no1. The molecule has 0 N–H and O–H groups in total. The van der Waals surface area contributed by atoms with E-state index < -0.39 is 0 Å². The highest BCUT2D eigenvalue weighted by molar-refractivity contribution is 5.95. The largest absolute Gasteiger partial charge is 0.361 e. The molecule has 0 unspecified atom stereocenters. The molecule has 0 aliphatic carbocycles. The van der Waals surface area contributed by atoms with Crippen LogP contribution in [0.1, 0.15) is 40.7 Å². The van der Waals surface area contributed by atoms with Gasteiger partial charge in [-0.05, 0) is 38.0 Å². The van der Waals surface area contributed by atoms with E-state index in [2.05, 4.69) is 10.3 Å². The van der Waals surface area contributed by atoms with Gasteiger partial charge in [0.2, 0.25) is 0 Å². The van der Waals surface area contributed by atoms with Gasteiger partial charge in [0.1, 0.15) is 11.5 Å². The molecule has 1 aliphatic rings. The van der Waals surface area contributed by atoms with Gasteiger partial charge < -0.3 is 9.42 Å². The zero-order valence-corrected chi connectivity index (χ0v) is 15.3. The van der Waals surface area contributed by atoms with Gasteiger partial charge in [0, 0.05) is 36.9 Å². The van der Waals surface area contributed by atoms with Crippen molar-refractivity contribution in [2.24, 2.45) is 7.05 Å². The average molecular weight is 364 g/mol. The van der Waals surface area contributed by atoms with Gasteiger partial charge in [-0.2, -0.15) is 5.10 Å². The summed E-state index contributed by atoms with van der Waals surface area (Å²) in [4.78, 5) is 26.3. The van der Waals surface area contributed by atoms with Crippen molar-refractivity contribution in [1.29, 1.82) is 0 Å². The van der Waals surface area contributed by atoms with Crippen LogP contribution in [-0.2, 0) is 7.05 Å². The van der Waals surface area contributed by atoms with E-state index in [4.69, 9.17) is 4.52 Å². The number of carbonyl (C=O) groups is 1. The minimum Gasteiger partial charge on any atom is -0.361 e. The van der Waals surface area contributed by atoms with E-state index in [-0.39, 0.29) is 17.5 Å². The molecule has 0 bridgehead atoms. The van der Waals surface area contributed by atoms with Crippen LogP contribution in [0.25, 0.3) is 11.3 Å². The molecule has 0 spiro atoms. The van der Waals surface area contributed by atoms with E-state index in [0.717, 1.165) is 29.9 Å². The summed E-state index contributed by atoms with van der Waals surface area (Å²) in [6, 6.07) is 12.3. The van der Waals surface area contributed by atoms with Crippen molar-refractivity contribution in [3.8, 4) is 11.3 Å². The minimum absolute atomic E-state index is 0.0156. The molecule has 2 aromatic heterocycles. The number of nitrogens with zero attached hydrogens (tertiary/aromatic N) is 4. The summed E-state index contributed by atoms with van der Waals surface area (Å²) in [5.74, 6) is 0.733. The lowest BCUT2D eigenvalue weighted by atomic mass is 10.1. The van der Waals surface area contributed by atoms with Crippen molar-refractivity contribution >= 4 is 5.91 Å². The van der Waals surface area contributed by atoms with Gasteiger partial charge in [-0.1, -0.05) is 17.3 Å². The highest BCUT2D eigenvalue weighted by Gasteiger charge is 2.32. The van der Waals surface area contributed by atoms with Crippen molar-refractivity contribution in [2.75, 3.05) is 6.54 Å². The quantitative estimate of drug-likeness (QED) is 0.714. The van der Waals surface area contributed by atoms with Crippen LogP contribution in [-0.4, -0.2) is 32.3 Å². The molecular formula is C20H20N4O3. The molecule has 0 saturated carbocycles. The monoisotopic (exact) mass is 364 g/mol. The molecule has 1 saturated heterocycles. The molecule has 1 aliphatic heterocycles. The first-order chi connectivity index (χ1) is 13.0. The van der Waals surface area contributed by atoms with Gasteiger partial charge in [-0.3, -0.25) is 9.59 Å². The van der Waals surface area contributed by atoms with Crippen LogP contribution in [0.2, 0.25) is 0 Å². The van der Waals surface area contributed by atoms with Gasteiger partial charge in [0.25, 0.3) is 11.5 Å². The van der Waals surface area contributed by atoms with E-state index in [9.17, 15) is 9.59 Å². The molecule has 1 fully saturated rings. The normalized spacial score (nSPS) is 16.7. The van der Waals surface area contributed by atoms with Gasteiger partial charge in [-0.25, -0.2) is 4.68 Å². The maximum Gasteiger partial charge on any atom is 0.266 e. The second-order valence-corrected chi connectivity index (χ2v) is 6.78. The molecule has 3 aromatic rings. The predicted octanol–water partition coefficient (Wildman–Crippen LogP) is 2.72. The van der Waals surface area contributed by atoms with Crippen molar-refractivity contribution < 1.29 is 9.32 Å². The maximum absolute atomic E-state index is 13.0. The summed E-state index contributed by atoms with van der Waals surface area (Å²) >= 11 is 0. The third kappa shape index (κ3) is 3.28. The minimum atomic E-state index is -0.159. The summed E-state index contributed by atoms with van der Waals surface area (Å²) < 4.78 is 6.47. The molecule has 4 rings (SSSR count). The Morgan fingerprint density at radius 3 is 2.63 bits per heavy atom. The van der Waals surface area contributed by atoms with E-state index in [1.165, 1.54) is 10.7 Å². The topological polar surface area (TPSA) is 81.2 Å². The number of carbonyl (C=O) groups excluding carboxylic acids is 1. The Bertz CT molecular complexity index is 1040. The number of amides is 1. The van der Waals surface area contributed by atoms with E-state index in [1.54, 1.807) is 25.2 Å². The third-order valence-corrected chi connectivity index (χ3v) is 4.89. The molecule has 3 heterocycles. The highest BCUT2D eigenvalue weighted by Crippen LogP contribution is 2.33. The fourth-order valence-electron chi connectivity index (χ4n) is 3.47. The zero-order valence-electron chi connectivity index (χ0n) is 15.3. The molecule has 0 radical (unpaired) electrons. The van der Waals surface area contributed by atoms with E-state index in [0.29, 0.717) is 17.8 Å². The maximum atomic E-state index is 13.0. The highest BCUT2D eigenvalue weighted by atomic mass is 16.5. The molecule has 1 aromatic carbocycles. The molecule has 1 atom stereocenters. The Labute approximate surface area is 156 Å². The smallest absolute Gasteiger partial charge is 0.266 e. The van der Waals surface area contributed by atoms with Crippen molar-refractivity contribution in [3.05, 3.63) is 69.8 Å². The molecule has 138 valence electrons. The first kappa shape index (κ1) is 17.2. The summed E-state index contributed by atoms with van der Waals surface area (Å²) in [6.07, 6.45) is 1.83. The summed E-state index contributed by atoms with van der Waals surface area (Å²) in [5, 5.41) is 8.33. The number of rotatable bonds is 3. The Kier molecular flexibility index (Phi) is 4.35.